The van der Waals surface area contributed by atoms with Gasteiger partial charge in [-0.1, -0.05) is 30.5 Å². The molecule has 0 unspecified atom stereocenters. The second kappa shape index (κ2) is 8.74. The molecule has 2 aliphatic heterocycles. The number of nitrogens with one attached hydrogen (secondary N) is 1. The summed E-state index contributed by atoms with van der Waals surface area (Å²) in [4.78, 5) is 54.0. The summed E-state index contributed by atoms with van der Waals surface area (Å²) < 4.78 is 5.06. The minimum Gasteiger partial charge on any atom is -0.454 e. The zero-order chi connectivity index (χ0) is 22.0. The van der Waals surface area contributed by atoms with E-state index in [1.165, 1.54) is 0 Å². The first-order valence-electron chi connectivity index (χ1n) is 10.5. The number of piperazine rings is 1. The molecule has 9 nitrogen and oxygen atoms in total. The summed E-state index contributed by atoms with van der Waals surface area (Å²) in [5.41, 5.74) is 0.134. The van der Waals surface area contributed by atoms with Gasteiger partial charge in [-0.3, -0.25) is 19.3 Å². The van der Waals surface area contributed by atoms with Gasteiger partial charge in [-0.05, 0) is 31.0 Å². The van der Waals surface area contributed by atoms with Gasteiger partial charge in [-0.25, -0.2) is 4.79 Å². The molecule has 10 heteroatoms. The molecule has 0 bridgehead atoms. The van der Waals surface area contributed by atoms with Crippen LogP contribution in [0.25, 0.3) is 0 Å². The van der Waals surface area contributed by atoms with Gasteiger partial charge in [-0.2, -0.15) is 0 Å². The summed E-state index contributed by atoms with van der Waals surface area (Å²) in [7, 11) is 0. The maximum atomic E-state index is 12.6. The summed E-state index contributed by atoms with van der Waals surface area (Å²) in [6.45, 7) is 1.39. The third-order valence-electron chi connectivity index (χ3n) is 6.15. The Hall–Kier alpha value is -2.81. The third-order valence-corrected chi connectivity index (χ3v) is 6.39. The number of hydrogen-bond acceptors (Lipinski definition) is 6. The standard InChI is InChI=1S/C21H25ClN4O5/c22-15-4-3-5-16(12-15)24-8-10-25(11-9-24)17(27)14-31-18(28)13-26-19(29)21(23-20(26)30)6-1-2-7-21/h3-5,12H,1-2,6-11,13-14H2,(H,23,30). The summed E-state index contributed by atoms with van der Waals surface area (Å²) in [5.74, 6) is -1.46. The van der Waals surface area contributed by atoms with Crippen LogP contribution in [0.5, 0.6) is 0 Å². The third kappa shape index (κ3) is 4.46. The molecule has 3 aliphatic rings. The Kier molecular flexibility index (Phi) is 6.04. The summed E-state index contributed by atoms with van der Waals surface area (Å²) in [6, 6.07) is 6.97. The van der Waals surface area contributed by atoms with Crippen LogP contribution >= 0.6 is 11.6 Å². The number of nitrogens with zero attached hydrogens (tertiary/aromatic N) is 3. The number of esters is 1. The second-order valence-electron chi connectivity index (χ2n) is 8.12. The molecule has 1 aromatic rings. The fraction of sp³-hybridized carbons (Fsp3) is 0.524. The monoisotopic (exact) mass is 448 g/mol. The molecule has 3 fully saturated rings. The molecule has 166 valence electrons. The predicted molar refractivity (Wildman–Crippen MR) is 113 cm³/mol. The molecule has 31 heavy (non-hydrogen) atoms. The molecular formula is C21H25ClN4O5. The topological polar surface area (TPSA) is 99.3 Å². The van der Waals surface area contributed by atoms with Gasteiger partial charge in [0.25, 0.3) is 11.8 Å². The molecule has 0 aromatic heterocycles. The summed E-state index contributed by atoms with van der Waals surface area (Å²) >= 11 is 6.04. The molecule has 1 saturated carbocycles. The van der Waals surface area contributed by atoms with E-state index in [0.29, 0.717) is 44.0 Å². The van der Waals surface area contributed by atoms with Gasteiger partial charge in [0.15, 0.2) is 6.61 Å². The molecule has 2 heterocycles. The Morgan fingerprint density at radius 1 is 1.10 bits per heavy atom. The number of carbonyl (C=O) groups is 4. The van der Waals surface area contributed by atoms with Gasteiger partial charge in [-0.15, -0.1) is 0 Å². The maximum absolute atomic E-state index is 12.6. The average molecular weight is 449 g/mol. The molecule has 1 aliphatic carbocycles. The van der Waals surface area contributed by atoms with Crippen molar-refractivity contribution in [2.75, 3.05) is 44.2 Å². The van der Waals surface area contributed by atoms with Crippen LogP contribution in [0.2, 0.25) is 5.02 Å². The summed E-state index contributed by atoms with van der Waals surface area (Å²) in [6.07, 6.45) is 2.90. The van der Waals surface area contributed by atoms with Crippen molar-refractivity contribution in [3.63, 3.8) is 0 Å². The molecule has 1 aromatic carbocycles. The lowest BCUT2D eigenvalue weighted by Gasteiger charge is -2.36. The van der Waals surface area contributed by atoms with E-state index in [1.807, 2.05) is 24.3 Å². The van der Waals surface area contributed by atoms with E-state index in [1.54, 1.807) is 4.90 Å². The van der Waals surface area contributed by atoms with Crippen molar-refractivity contribution in [2.45, 2.75) is 31.2 Å². The molecule has 4 amide bonds. The molecule has 2 saturated heterocycles. The first-order valence-corrected chi connectivity index (χ1v) is 10.8. The van der Waals surface area contributed by atoms with Crippen molar-refractivity contribution in [1.29, 1.82) is 0 Å². The predicted octanol–water partition coefficient (Wildman–Crippen LogP) is 1.40. The van der Waals surface area contributed by atoms with Crippen molar-refractivity contribution in [3.8, 4) is 0 Å². The van der Waals surface area contributed by atoms with E-state index in [0.717, 1.165) is 23.4 Å². The van der Waals surface area contributed by atoms with Crippen molar-refractivity contribution < 1.29 is 23.9 Å². The van der Waals surface area contributed by atoms with Crippen LogP contribution in [-0.4, -0.2) is 78.5 Å². The largest absolute Gasteiger partial charge is 0.454 e. The van der Waals surface area contributed by atoms with E-state index in [2.05, 4.69) is 10.2 Å². The highest BCUT2D eigenvalue weighted by Crippen LogP contribution is 2.34. The first-order chi connectivity index (χ1) is 14.9. The Balaban J connectivity index is 1.22. The van der Waals surface area contributed by atoms with E-state index < -0.39 is 30.7 Å². The zero-order valence-electron chi connectivity index (χ0n) is 17.1. The van der Waals surface area contributed by atoms with Crippen molar-refractivity contribution in [1.82, 2.24) is 15.1 Å². The number of carbonyl (C=O) groups excluding carboxylic acids is 4. The quantitative estimate of drug-likeness (QED) is 0.540. The summed E-state index contributed by atoms with van der Waals surface area (Å²) in [5, 5.41) is 3.37. The van der Waals surface area contributed by atoms with Crippen molar-refractivity contribution in [2.24, 2.45) is 0 Å². The lowest BCUT2D eigenvalue weighted by Crippen LogP contribution is -2.50. The molecule has 0 atom stereocenters. The molecular weight excluding hydrogens is 424 g/mol. The van der Waals surface area contributed by atoms with Crippen LogP contribution in [0.3, 0.4) is 0 Å². The number of halogens is 1. The van der Waals surface area contributed by atoms with Crippen molar-refractivity contribution in [3.05, 3.63) is 29.3 Å². The van der Waals surface area contributed by atoms with Crippen molar-refractivity contribution >= 4 is 41.1 Å². The maximum Gasteiger partial charge on any atom is 0.326 e. The Labute approximate surface area is 185 Å². The Bertz CT molecular complexity index is 894. The van der Waals surface area contributed by atoms with Gasteiger partial charge < -0.3 is 19.9 Å². The van der Waals surface area contributed by atoms with Crippen LogP contribution in [0.15, 0.2) is 24.3 Å². The number of benzene rings is 1. The molecule has 1 N–H and O–H groups in total. The van der Waals surface area contributed by atoms with Crippen LogP contribution in [-0.2, 0) is 19.1 Å². The van der Waals surface area contributed by atoms with E-state index in [4.69, 9.17) is 16.3 Å². The minimum absolute atomic E-state index is 0.302. The smallest absolute Gasteiger partial charge is 0.326 e. The van der Waals surface area contributed by atoms with Gasteiger partial charge in [0.1, 0.15) is 12.1 Å². The number of hydrogen-bond donors (Lipinski definition) is 1. The van der Waals surface area contributed by atoms with E-state index in [-0.39, 0.29) is 11.8 Å². The van der Waals surface area contributed by atoms with Crippen LogP contribution in [0.1, 0.15) is 25.7 Å². The first kappa shape index (κ1) is 21.4. The fourth-order valence-corrected chi connectivity index (χ4v) is 4.62. The number of ether oxygens (including phenoxy) is 1. The SMILES string of the molecule is O=C(CN1C(=O)NC2(CCCC2)C1=O)OCC(=O)N1CCN(c2cccc(Cl)c2)CC1. The van der Waals surface area contributed by atoms with Gasteiger partial charge in [0.05, 0.1) is 0 Å². The lowest BCUT2D eigenvalue weighted by molar-refractivity contribution is -0.154. The Morgan fingerprint density at radius 2 is 1.81 bits per heavy atom. The minimum atomic E-state index is -0.865. The van der Waals surface area contributed by atoms with E-state index in [9.17, 15) is 19.2 Å². The highest BCUT2D eigenvalue weighted by Gasteiger charge is 2.52. The second-order valence-corrected chi connectivity index (χ2v) is 8.56. The zero-order valence-corrected chi connectivity index (χ0v) is 17.9. The number of imide groups is 1. The average Bonchev–Trinajstić information content (AvgIpc) is 3.32. The highest BCUT2D eigenvalue weighted by molar-refractivity contribution is 6.30. The number of anilines is 1. The van der Waals surface area contributed by atoms with E-state index >= 15 is 0 Å². The van der Waals surface area contributed by atoms with Crippen LogP contribution < -0.4 is 10.2 Å². The Morgan fingerprint density at radius 3 is 2.48 bits per heavy atom. The number of amides is 4. The number of urea groups is 1. The molecule has 1 spiro atoms. The number of rotatable bonds is 5. The molecule has 4 rings (SSSR count). The van der Waals surface area contributed by atoms with Crippen LogP contribution in [0, 0.1) is 0 Å². The molecule has 0 radical (unpaired) electrons. The highest BCUT2D eigenvalue weighted by atomic mass is 35.5. The van der Waals surface area contributed by atoms with Gasteiger partial charge in [0.2, 0.25) is 0 Å². The fourth-order valence-electron chi connectivity index (χ4n) is 4.43. The lowest BCUT2D eigenvalue weighted by atomic mass is 9.98. The normalized spacial score (nSPS) is 20.4. The van der Waals surface area contributed by atoms with Crippen LogP contribution in [0.4, 0.5) is 10.5 Å². The van der Waals surface area contributed by atoms with Gasteiger partial charge in [0, 0.05) is 36.9 Å². The van der Waals surface area contributed by atoms with Gasteiger partial charge >= 0.3 is 12.0 Å².